The van der Waals surface area contributed by atoms with Crippen molar-refractivity contribution in [2.45, 2.75) is 52.2 Å². The maximum atomic E-state index is 13.6. The summed E-state index contributed by atoms with van der Waals surface area (Å²) in [6.45, 7) is 4.83. The van der Waals surface area contributed by atoms with Gasteiger partial charge in [0.2, 0.25) is 5.91 Å². The van der Waals surface area contributed by atoms with Crippen molar-refractivity contribution in [2.24, 2.45) is 11.8 Å². The lowest BCUT2D eigenvalue weighted by Gasteiger charge is -2.34. The van der Waals surface area contributed by atoms with Crippen LogP contribution in [0, 0.1) is 11.8 Å². The van der Waals surface area contributed by atoms with Crippen molar-refractivity contribution in [3.8, 4) is 0 Å². The highest BCUT2D eigenvalue weighted by Gasteiger charge is 2.28. The minimum atomic E-state index is -0.268. The van der Waals surface area contributed by atoms with Crippen molar-refractivity contribution in [1.29, 1.82) is 0 Å². The van der Waals surface area contributed by atoms with E-state index in [1.165, 1.54) is 11.1 Å². The number of amides is 1. The predicted octanol–water partition coefficient (Wildman–Crippen LogP) is 4.99. The molecule has 1 aliphatic rings. The van der Waals surface area contributed by atoms with Crippen molar-refractivity contribution in [3.05, 3.63) is 75.7 Å². The Bertz CT molecular complexity index is 1420. The molecule has 1 fully saturated rings. The fourth-order valence-corrected chi connectivity index (χ4v) is 5.48. The van der Waals surface area contributed by atoms with Gasteiger partial charge in [-0.15, -0.1) is 0 Å². The molecule has 2 heterocycles. The Morgan fingerprint density at radius 2 is 1.94 bits per heavy atom. The SMILES string of the molecule is CC1CCCC(NC(=O)Cn2ncc3c4ccccc4n(Cc4cccc(Cl)c4)c3c2=O)C1C. The summed E-state index contributed by atoms with van der Waals surface area (Å²) >= 11 is 6.20. The highest BCUT2D eigenvalue weighted by Crippen LogP contribution is 2.30. The van der Waals surface area contributed by atoms with Gasteiger partial charge in [0.05, 0.1) is 6.20 Å². The summed E-state index contributed by atoms with van der Waals surface area (Å²) in [6.07, 6.45) is 4.99. The summed E-state index contributed by atoms with van der Waals surface area (Å²) in [7, 11) is 0. The third kappa shape index (κ3) is 4.23. The number of para-hydroxylation sites is 1. The molecule has 2 aromatic carbocycles. The number of rotatable bonds is 5. The van der Waals surface area contributed by atoms with E-state index in [2.05, 4.69) is 24.3 Å². The Labute approximate surface area is 203 Å². The average Bonchev–Trinajstić information content (AvgIpc) is 3.13. The fourth-order valence-electron chi connectivity index (χ4n) is 5.26. The van der Waals surface area contributed by atoms with Crippen LogP contribution < -0.4 is 10.9 Å². The zero-order chi connectivity index (χ0) is 23.8. The van der Waals surface area contributed by atoms with Crippen LogP contribution in [0.3, 0.4) is 0 Å². The van der Waals surface area contributed by atoms with Gasteiger partial charge in [0.25, 0.3) is 5.56 Å². The molecule has 176 valence electrons. The van der Waals surface area contributed by atoms with E-state index in [0.717, 1.165) is 34.7 Å². The van der Waals surface area contributed by atoms with Crippen LogP contribution in [-0.4, -0.2) is 26.3 Å². The standard InChI is InChI=1S/C27H29ClN4O2/c1-17-7-5-11-23(18(17)2)30-25(33)16-32-27(34)26-22(14-29-32)21-10-3-4-12-24(21)31(26)15-19-8-6-9-20(28)13-19/h3-4,6,8-10,12-14,17-18,23H,5,7,11,15-16H2,1-2H3,(H,30,33). The van der Waals surface area contributed by atoms with Crippen LogP contribution in [0.1, 0.15) is 38.7 Å². The molecular formula is C27H29ClN4O2. The number of carbonyl (C=O) groups excluding carboxylic acids is 1. The highest BCUT2D eigenvalue weighted by molar-refractivity contribution is 6.30. The van der Waals surface area contributed by atoms with E-state index in [0.29, 0.717) is 28.9 Å². The molecule has 34 heavy (non-hydrogen) atoms. The van der Waals surface area contributed by atoms with Gasteiger partial charge in [-0.25, -0.2) is 4.68 Å². The molecule has 7 heteroatoms. The summed E-state index contributed by atoms with van der Waals surface area (Å²) < 4.78 is 3.28. The van der Waals surface area contributed by atoms with Gasteiger partial charge >= 0.3 is 0 Å². The molecule has 0 spiro atoms. The number of carbonyl (C=O) groups is 1. The predicted molar refractivity (Wildman–Crippen MR) is 136 cm³/mol. The largest absolute Gasteiger partial charge is 0.351 e. The van der Waals surface area contributed by atoms with Crippen LogP contribution in [0.15, 0.2) is 59.5 Å². The molecule has 6 nitrogen and oxygen atoms in total. The normalized spacial score (nSPS) is 20.6. The number of aromatic nitrogens is 3. The second-order valence-electron chi connectivity index (χ2n) is 9.54. The Kier molecular flexibility index (Phi) is 6.17. The first-order chi connectivity index (χ1) is 16.4. The van der Waals surface area contributed by atoms with E-state index < -0.39 is 0 Å². The monoisotopic (exact) mass is 476 g/mol. The maximum absolute atomic E-state index is 13.6. The molecule has 4 aromatic rings. The molecule has 3 atom stereocenters. The topological polar surface area (TPSA) is 68.9 Å². The summed E-state index contributed by atoms with van der Waals surface area (Å²) in [5.74, 6) is 0.834. The molecule has 0 aliphatic heterocycles. The first-order valence-corrected chi connectivity index (χ1v) is 12.3. The lowest BCUT2D eigenvalue weighted by molar-refractivity contribution is -0.123. The Balaban J connectivity index is 1.51. The van der Waals surface area contributed by atoms with Crippen molar-refractivity contribution >= 4 is 39.3 Å². The minimum Gasteiger partial charge on any atom is -0.351 e. The smallest absolute Gasteiger partial charge is 0.291 e. The highest BCUT2D eigenvalue weighted by atomic mass is 35.5. The van der Waals surface area contributed by atoms with E-state index in [9.17, 15) is 9.59 Å². The van der Waals surface area contributed by atoms with Gasteiger partial charge in [0.1, 0.15) is 12.1 Å². The van der Waals surface area contributed by atoms with Crippen molar-refractivity contribution in [1.82, 2.24) is 19.7 Å². The van der Waals surface area contributed by atoms with Gasteiger partial charge in [-0.2, -0.15) is 5.10 Å². The third-order valence-corrected chi connectivity index (χ3v) is 7.58. The van der Waals surface area contributed by atoms with Crippen LogP contribution in [0.4, 0.5) is 0 Å². The third-order valence-electron chi connectivity index (χ3n) is 7.35. The van der Waals surface area contributed by atoms with E-state index in [1.54, 1.807) is 6.20 Å². The quantitative estimate of drug-likeness (QED) is 0.441. The van der Waals surface area contributed by atoms with Crippen LogP contribution in [0.5, 0.6) is 0 Å². The molecule has 0 radical (unpaired) electrons. The summed E-state index contributed by atoms with van der Waals surface area (Å²) in [5.41, 5.74) is 2.22. The van der Waals surface area contributed by atoms with Crippen molar-refractivity contribution < 1.29 is 4.79 Å². The van der Waals surface area contributed by atoms with E-state index in [1.807, 2.05) is 53.1 Å². The van der Waals surface area contributed by atoms with E-state index in [4.69, 9.17) is 11.6 Å². The number of hydrogen-bond donors (Lipinski definition) is 1. The summed E-state index contributed by atoms with van der Waals surface area (Å²) in [4.78, 5) is 26.5. The van der Waals surface area contributed by atoms with Crippen LogP contribution in [0.2, 0.25) is 5.02 Å². The number of nitrogens with zero attached hydrogens (tertiary/aromatic N) is 3. The van der Waals surface area contributed by atoms with Gasteiger partial charge in [0, 0.05) is 33.9 Å². The molecule has 0 bridgehead atoms. The molecule has 1 amide bonds. The zero-order valence-electron chi connectivity index (χ0n) is 19.5. The number of hydrogen-bond acceptors (Lipinski definition) is 3. The first-order valence-electron chi connectivity index (χ1n) is 11.9. The van der Waals surface area contributed by atoms with Gasteiger partial charge in [-0.1, -0.05) is 68.6 Å². The number of fused-ring (bicyclic) bond motifs is 3. The molecule has 1 N–H and O–H groups in total. The summed E-state index contributed by atoms with van der Waals surface area (Å²) in [6, 6.07) is 15.7. The number of benzene rings is 2. The molecule has 0 saturated heterocycles. The van der Waals surface area contributed by atoms with Gasteiger partial charge in [-0.3, -0.25) is 9.59 Å². The van der Waals surface area contributed by atoms with E-state index >= 15 is 0 Å². The molecule has 2 aromatic heterocycles. The van der Waals surface area contributed by atoms with E-state index in [-0.39, 0.29) is 24.1 Å². The lowest BCUT2D eigenvalue weighted by atomic mass is 9.78. The maximum Gasteiger partial charge on any atom is 0.291 e. The molecule has 5 rings (SSSR count). The molecule has 1 aliphatic carbocycles. The first kappa shape index (κ1) is 22.7. The lowest BCUT2D eigenvalue weighted by Crippen LogP contribution is -2.45. The van der Waals surface area contributed by atoms with Crippen molar-refractivity contribution in [2.75, 3.05) is 0 Å². The van der Waals surface area contributed by atoms with Crippen LogP contribution in [0.25, 0.3) is 21.8 Å². The molecule has 3 unspecified atom stereocenters. The van der Waals surface area contributed by atoms with Crippen molar-refractivity contribution in [3.63, 3.8) is 0 Å². The zero-order valence-corrected chi connectivity index (χ0v) is 20.3. The Morgan fingerprint density at radius 1 is 1.12 bits per heavy atom. The number of halogens is 1. The molecule has 1 saturated carbocycles. The minimum absolute atomic E-state index is 0.0922. The van der Waals surface area contributed by atoms with Crippen LogP contribution >= 0.6 is 11.6 Å². The second-order valence-corrected chi connectivity index (χ2v) is 9.98. The second kappa shape index (κ2) is 9.26. The fraction of sp³-hybridized carbons (Fsp3) is 0.370. The average molecular weight is 477 g/mol. The Morgan fingerprint density at radius 3 is 2.76 bits per heavy atom. The number of nitrogens with one attached hydrogen (secondary N) is 1. The summed E-state index contributed by atoms with van der Waals surface area (Å²) in [5, 5.41) is 9.92. The molecular weight excluding hydrogens is 448 g/mol. The van der Waals surface area contributed by atoms with Gasteiger partial charge in [0.15, 0.2) is 0 Å². The Hall–Kier alpha value is -3.12. The van der Waals surface area contributed by atoms with Crippen LogP contribution in [-0.2, 0) is 17.9 Å². The van der Waals surface area contributed by atoms with Gasteiger partial charge < -0.3 is 9.88 Å². The van der Waals surface area contributed by atoms with Gasteiger partial charge in [-0.05, 0) is 42.0 Å².